The molecule has 0 aromatic heterocycles. The van der Waals surface area contributed by atoms with Crippen molar-refractivity contribution in [2.75, 3.05) is 5.32 Å². The van der Waals surface area contributed by atoms with Gasteiger partial charge in [0.25, 0.3) is 0 Å². The molecule has 19 heavy (non-hydrogen) atoms. The van der Waals surface area contributed by atoms with Crippen molar-refractivity contribution in [3.05, 3.63) is 58.4 Å². The first-order chi connectivity index (χ1) is 8.95. The van der Waals surface area contributed by atoms with Gasteiger partial charge in [0, 0.05) is 16.3 Å². The van der Waals surface area contributed by atoms with Gasteiger partial charge >= 0.3 is 0 Å². The van der Waals surface area contributed by atoms with Crippen molar-refractivity contribution in [2.45, 2.75) is 19.9 Å². The van der Waals surface area contributed by atoms with Crippen LogP contribution in [0.1, 0.15) is 24.1 Å². The number of anilines is 1. The molecule has 0 radical (unpaired) electrons. The summed E-state index contributed by atoms with van der Waals surface area (Å²) < 4.78 is 13.2. The topological polar surface area (TPSA) is 32.3 Å². The standard InChI is InChI=1S/C15H15ClFNO/c1-9-3-4-14(15(19)5-9)10(2)18-13-7-11(16)6-12(17)8-13/h3-8,10,18-19H,1-2H3. The van der Waals surface area contributed by atoms with Crippen LogP contribution in [0, 0.1) is 12.7 Å². The Labute approximate surface area is 116 Å². The average molecular weight is 280 g/mol. The SMILES string of the molecule is Cc1ccc(C(C)Nc2cc(F)cc(Cl)c2)c(O)c1. The number of hydrogen-bond acceptors (Lipinski definition) is 2. The predicted molar refractivity (Wildman–Crippen MR) is 76.3 cm³/mol. The highest BCUT2D eigenvalue weighted by atomic mass is 35.5. The molecule has 2 aromatic rings. The van der Waals surface area contributed by atoms with Crippen molar-refractivity contribution in [1.82, 2.24) is 0 Å². The van der Waals surface area contributed by atoms with Crippen LogP contribution in [0.2, 0.25) is 5.02 Å². The molecule has 100 valence electrons. The summed E-state index contributed by atoms with van der Waals surface area (Å²) in [6.07, 6.45) is 0. The van der Waals surface area contributed by atoms with Crippen molar-refractivity contribution in [3.63, 3.8) is 0 Å². The molecule has 2 N–H and O–H groups in total. The molecule has 0 saturated heterocycles. The van der Waals surface area contributed by atoms with E-state index < -0.39 is 5.82 Å². The normalized spacial score (nSPS) is 12.2. The fourth-order valence-electron chi connectivity index (χ4n) is 1.98. The number of hydrogen-bond donors (Lipinski definition) is 2. The second kappa shape index (κ2) is 5.49. The van der Waals surface area contributed by atoms with Gasteiger partial charge in [-0.3, -0.25) is 0 Å². The highest BCUT2D eigenvalue weighted by molar-refractivity contribution is 6.30. The van der Waals surface area contributed by atoms with Gasteiger partial charge in [-0.1, -0.05) is 23.7 Å². The van der Waals surface area contributed by atoms with Gasteiger partial charge in [0.2, 0.25) is 0 Å². The van der Waals surface area contributed by atoms with E-state index in [4.69, 9.17) is 11.6 Å². The number of aryl methyl sites for hydroxylation is 1. The van der Waals surface area contributed by atoms with E-state index in [2.05, 4.69) is 5.32 Å². The third-order valence-electron chi connectivity index (χ3n) is 2.90. The second-order valence-electron chi connectivity index (χ2n) is 4.59. The van der Waals surface area contributed by atoms with Crippen LogP contribution in [0.15, 0.2) is 36.4 Å². The van der Waals surface area contributed by atoms with Crippen LogP contribution >= 0.6 is 11.6 Å². The highest BCUT2D eigenvalue weighted by Gasteiger charge is 2.11. The molecule has 0 spiro atoms. The number of halogens is 2. The summed E-state index contributed by atoms with van der Waals surface area (Å²) in [6, 6.07) is 9.58. The van der Waals surface area contributed by atoms with Gasteiger partial charge in [0.15, 0.2) is 0 Å². The van der Waals surface area contributed by atoms with Crippen LogP contribution in [0.5, 0.6) is 5.75 Å². The first-order valence-corrected chi connectivity index (χ1v) is 6.35. The van der Waals surface area contributed by atoms with Crippen LogP contribution in [0.4, 0.5) is 10.1 Å². The Bertz CT molecular complexity index is 580. The molecule has 0 heterocycles. The Kier molecular flexibility index (Phi) is 3.96. The number of rotatable bonds is 3. The van der Waals surface area contributed by atoms with Crippen LogP contribution in [0.25, 0.3) is 0 Å². The van der Waals surface area contributed by atoms with Crippen molar-refractivity contribution >= 4 is 17.3 Å². The number of aromatic hydroxyl groups is 1. The minimum atomic E-state index is -0.393. The zero-order valence-corrected chi connectivity index (χ0v) is 11.5. The molecule has 2 nitrogen and oxygen atoms in total. The number of phenols is 1. The largest absolute Gasteiger partial charge is 0.508 e. The summed E-state index contributed by atoms with van der Waals surface area (Å²) >= 11 is 5.80. The highest BCUT2D eigenvalue weighted by Crippen LogP contribution is 2.28. The molecule has 1 atom stereocenters. The fraction of sp³-hybridized carbons (Fsp3) is 0.200. The quantitative estimate of drug-likeness (QED) is 0.856. The molecule has 0 amide bonds. The maximum absolute atomic E-state index is 13.2. The van der Waals surface area contributed by atoms with Gasteiger partial charge in [-0.2, -0.15) is 0 Å². The molecule has 1 unspecified atom stereocenters. The fourth-order valence-corrected chi connectivity index (χ4v) is 2.21. The van der Waals surface area contributed by atoms with Crippen LogP contribution < -0.4 is 5.32 Å². The summed E-state index contributed by atoms with van der Waals surface area (Å²) in [5.74, 6) is -0.169. The molecule has 0 aliphatic carbocycles. The first kappa shape index (κ1) is 13.7. The second-order valence-corrected chi connectivity index (χ2v) is 5.02. The molecule has 2 rings (SSSR count). The maximum atomic E-state index is 13.2. The van der Waals surface area contributed by atoms with E-state index in [-0.39, 0.29) is 11.8 Å². The van der Waals surface area contributed by atoms with Gasteiger partial charge in [-0.05, 0) is 43.7 Å². The van der Waals surface area contributed by atoms with E-state index in [1.54, 1.807) is 12.1 Å². The van der Waals surface area contributed by atoms with Crippen molar-refractivity contribution in [1.29, 1.82) is 0 Å². The first-order valence-electron chi connectivity index (χ1n) is 5.98. The smallest absolute Gasteiger partial charge is 0.126 e. The number of benzene rings is 2. The molecular formula is C15H15ClFNO. The lowest BCUT2D eigenvalue weighted by atomic mass is 10.0. The lowest BCUT2D eigenvalue weighted by Crippen LogP contribution is -2.07. The van der Waals surface area contributed by atoms with Gasteiger partial charge < -0.3 is 10.4 Å². The molecule has 2 aromatic carbocycles. The van der Waals surface area contributed by atoms with Gasteiger partial charge in [-0.15, -0.1) is 0 Å². The molecule has 0 bridgehead atoms. The lowest BCUT2D eigenvalue weighted by molar-refractivity contribution is 0.465. The van der Waals surface area contributed by atoms with Crippen LogP contribution in [-0.2, 0) is 0 Å². The summed E-state index contributed by atoms with van der Waals surface area (Å²) in [5.41, 5.74) is 2.32. The monoisotopic (exact) mass is 279 g/mol. The minimum absolute atomic E-state index is 0.154. The van der Waals surface area contributed by atoms with E-state index >= 15 is 0 Å². The summed E-state index contributed by atoms with van der Waals surface area (Å²) in [4.78, 5) is 0. The molecule has 0 fully saturated rings. The molecular weight excluding hydrogens is 265 g/mol. The molecule has 0 aliphatic heterocycles. The summed E-state index contributed by atoms with van der Waals surface area (Å²) in [7, 11) is 0. The van der Waals surface area contributed by atoms with E-state index in [0.29, 0.717) is 10.7 Å². The van der Waals surface area contributed by atoms with Crippen LogP contribution in [0.3, 0.4) is 0 Å². The third-order valence-corrected chi connectivity index (χ3v) is 3.12. The maximum Gasteiger partial charge on any atom is 0.126 e. The number of nitrogens with one attached hydrogen (secondary N) is 1. The Morgan fingerprint density at radius 3 is 2.58 bits per heavy atom. The van der Waals surface area contributed by atoms with Crippen molar-refractivity contribution < 1.29 is 9.50 Å². The van der Waals surface area contributed by atoms with E-state index in [1.807, 2.05) is 26.0 Å². The predicted octanol–water partition coefficient (Wildman–Crippen LogP) is 4.67. The van der Waals surface area contributed by atoms with Gasteiger partial charge in [-0.25, -0.2) is 4.39 Å². The van der Waals surface area contributed by atoms with Gasteiger partial charge in [0.1, 0.15) is 11.6 Å². The van der Waals surface area contributed by atoms with Crippen LogP contribution in [-0.4, -0.2) is 5.11 Å². The van der Waals surface area contributed by atoms with E-state index in [9.17, 15) is 9.50 Å². The third kappa shape index (κ3) is 3.38. The van der Waals surface area contributed by atoms with E-state index in [1.165, 1.54) is 12.1 Å². The summed E-state index contributed by atoms with van der Waals surface area (Å²) in [6.45, 7) is 3.80. The number of phenolic OH excluding ortho intramolecular Hbond substituents is 1. The van der Waals surface area contributed by atoms with Gasteiger partial charge in [0.05, 0.1) is 6.04 Å². The Morgan fingerprint density at radius 1 is 1.21 bits per heavy atom. The minimum Gasteiger partial charge on any atom is -0.508 e. The Morgan fingerprint density at radius 2 is 1.95 bits per heavy atom. The summed E-state index contributed by atoms with van der Waals surface area (Å²) in [5, 5.41) is 13.4. The van der Waals surface area contributed by atoms with E-state index in [0.717, 1.165) is 11.1 Å². The molecule has 4 heteroatoms. The zero-order valence-electron chi connectivity index (χ0n) is 10.7. The average Bonchev–Trinajstić information content (AvgIpc) is 2.26. The lowest BCUT2D eigenvalue weighted by Gasteiger charge is -2.17. The zero-order chi connectivity index (χ0) is 14.0. The Hall–Kier alpha value is -1.74. The molecule has 0 aliphatic rings. The van der Waals surface area contributed by atoms with Crippen molar-refractivity contribution in [2.24, 2.45) is 0 Å². The van der Waals surface area contributed by atoms with Crippen molar-refractivity contribution in [3.8, 4) is 5.75 Å². The Balaban J connectivity index is 2.22. The molecule has 0 saturated carbocycles.